The summed E-state index contributed by atoms with van der Waals surface area (Å²) in [6, 6.07) is 15.2. The lowest BCUT2D eigenvalue weighted by Gasteiger charge is -2.19. The minimum Gasteiger partial charge on any atom is -0.183 e. The van der Waals surface area contributed by atoms with Gasteiger partial charge in [0.15, 0.2) is 0 Å². The second-order valence-corrected chi connectivity index (χ2v) is 10.2. The molecular weight excluding hydrogens is 525 g/mol. The van der Waals surface area contributed by atoms with E-state index in [1.54, 1.807) is 6.26 Å². The highest BCUT2D eigenvalue weighted by Crippen LogP contribution is 2.26. The summed E-state index contributed by atoms with van der Waals surface area (Å²) in [6.45, 7) is 41.8. The molecule has 0 bridgehead atoms. The Kier molecular flexibility index (Phi) is 37.8. The zero-order valence-electron chi connectivity index (χ0n) is 31.9. The van der Waals surface area contributed by atoms with E-state index in [-0.39, 0.29) is 5.41 Å². The molecule has 3 rings (SSSR count). The van der Waals surface area contributed by atoms with Crippen molar-refractivity contribution in [3.63, 3.8) is 0 Å². The molecule has 1 aliphatic rings. The average Bonchev–Trinajstić information content (AvgIpc) is 3.01. The highest BCUT2D eigenvalue weighted by molar-refractivity contribution is 7.79. The first-order valence-corrected chi connectivity index (χ1v) is 17.4. The molecule has 42 heavy (non-hydrogen) atoms. The molecule has 0 spiro atoms. The van der Waals surface area contributed by atoms with Gasteiger partial charge in [-0.3, -0.25) is 0 Å². The van der Waals surface area contributed by atoms with Gasteiger partial charge in [-0.05, 0) is 106 Å². The molecule has 0 N–H and O–H groups in total. The van der Waals surface area contributed by atoms with Crippen molar-refractivity contribution in [2.45, 2.75) is 149 Å². The summed E-state index contributed by atoms with van der Waals surface area (Å²) in [4.78, 5) is 0. The molecule has 0 nitrogen and oxygen atoms in total. The van der Waals surface area contributed by atoms with Crippen molar-refractivity contribution in [2.24, 2.45) is 0 Å². The van der Waals surface area contributed by atoms with Gasteiger partial charge in [0.2, 0.25) is 0 Å². The Morgan fingerprint density at radius 2 is 1.19 bits per heavy atom. The first-order chi connectivity index (χ1) is 19.9. The molecule has 0 radical (unpaired) electrons. The Labute approximate surface area is 272 Å². The quantitative estimate of drug-likeness (QED) is 0.327. The molecule has 1 aliphatic carbocycles. The van der Waals surface area contributed by atoms with Gasteiger partial charge in [-0.25, -0.2) is 0 Å². The monoisotopic (exact) mass is 599 g/mol. The molecule has 2 aromatic rings. The van der Waals surface area contributed by atoms with Crippen molar-refractivity contribution in [3.05, 3.63) is 105 Å². The maximum absolute atomic E-state index is 3.95. The number of allylic oxidation sites excluding steroid dienone is 5. The number of thiol groups is 1. The van der Waals surface area contributed by atoms with Crippen LogP contribution in [0.4, 0.5) is 0 Å². The van der Waals surface area contributed by atoms with Crippen molar-refractivity contribution < 1.29 is 0 Å². The Bertz CT molecular complexity index is 965. The Morgan fingerprint density at radius 1 is 0.714 bits per heavy atom. The van der Waals surface area contributed by atoms with Crippen LogP contribution in [-0.2, 0) is 11.8 Å². The van der Waals surface area contributed by atoms with Gasteiger partial charge in [-0.2, -0.15) is 12.6 Å². The van der Waals surface area contributed by atoms with Gasteiger partial charge < -0.3 is 0 Å². The molecule has 0 saturated carbocycles. The first-order valence-electron chi connectivity index (χ1n) is 16.5. The molecule has 0 fully saturated rings. The van der Waals surface area contributed by atoms with Crippen LogP contribution in [0.1, 0.15) is 145 Å². The molecule has 1 heteroatoms. The van der Waals surface area contributed by atoms with Crippen molar-refractivity contribution in [1.82, 2.24) is 0 Å². The summed E-state index contributed by atoms with van der Waals surface area (Å²) in [5.74, 6) is 0. The van der Waals surface area contributed by atoms with Crippen molar-refractivity contribution in [2.75, 3.05) is 6.26 Å². The van der Waals surface area contributed by atoms with E-state index in [4.69, 9.17) is 0 Å². The van der Waals surface area contributed by atoms with Crippen LogP contribution in [-0.4, -0.2) is 6.26 Å². The van der Waals surface area contributed by atoms with Crippen LogP contribution in [0.25, 0.3) is 0 Å². The Balaban J connectivity index is -0.000000142. The Hall–Kier alpha value is -1.99. The van der Waals surface area contributed by atoms with Crippen molar-refractivity contribution in [1.29, 1.82) is 0 Å². The van der Waals surface area contributed by atoms with E-state index in [1.165, 1.54) is 63.0 Å². The van der Waals surface area contributed by atoms with Gasteiger partial charge >= 0.3 is 0 Å². The smallest absolute Gasteiger partial charge is 0.0132 e. The van der Waals surface area contributed by atoms with Crippen molar-refractivity contribution in [3.8, 4) is 0 Å². The predicted octanol–water partition coefficient (Wildman–Crippen LogP) is 14.4. The number of hydrogen-bond acceptors (Lipinski definition) is 1. The van der Waals surface area contributed by atoms with Gasteiger partial charge in [0.25, 0.3) is 0 Å². The molecular formula is C41H74S. The largest absolute Gasteiger partial charge is 0.183 e. The van der Waals surface area contributed by atoms with Crippen LogP contribution in [0.15, 0.2) is 77.4 Å². The molecule has 0 atom stereocenters. The lowest BCUT2D eigenvalue weighted by molar-refractivity contribution is 0.589. The lowest BCUT2D eigenvalue weighted by atomic mass is 9.85. The van der Waals surface area contributed by atoms with Crippen LogP contribution in [0.5, 0.6) is 0 Å². The highest BCUT2D eigenvalue weighted by Gasteiger charge is 2.13. The normalized spacial score (nSPS) is 10.9. The molecule has 0 heterocycles. The van der Waals surface area contributed by atoms with Crippen LogP contribution < -0.4 is 0 Å². The van der Waals surface area contributed by atoms with E-state index in [0.717, 1.165) is 6.42 Å². The fourth-order valence-electron chi connectivity index (χ4n) is 3.53. The maximum Gasteiger partial charge on any atom is -0.0132 e. The number of hydrogen-bond donors (Lipinski definition) is 1. The van der Waals surface area contributed by atoms with E-state index < -0.39 is 0 Å². The molecule has 0 aromatic heterocycles. The van der Waals surface area contributed by atoms with E-state index in [2.05, 4.69) is 137 Å². The SMILES string of the molecule is C=C(C)C1=CC(C)=C(C)CC1.CC.CC.CC.CC.CCc1ccccc1C.CS.Cc1ccc(C(C)(C)C)cc1C. The average molecular weight is 599 g/mol. The van der Waals surface area contributed by atoms with Gasteiger partial charge in [0.05, 0.1) is 0 Å². The zero-order chi connectivity index (χ0) is 34.5. The number of rotatable bonds is 2. The fraction of sp³-hybridized carbons (Fsp3) is 0.561. The summed E-state index contributed by atoms with van der Waals surface area (Å²) >= 11 is 3.53. The summed E-state index contributed by atoms with van der Waals surface area (Å²) in [5, 5.41) is 0. The predicted molar refractivity (Wildman–Crippen MR) is 206 cm³/mol. The van der Waals surface area contributed by atoms with Gasteiger partial charge in [0, 0.05) is 0 Å². The first kappa shape index (κ1) is 49.7. The minimum absolute atomic E-state index is 0.276. The molecule has 0 saturated heterocycles. The summed E-state index contributed by atoms with van der Waals surface area (Å²) in [5.41, 5.74) is 12.9. The molecule has 0 aliphatic heterocycles. The van der Waals surface area contributed by atoms with Crippen LogP contribution in [0.3, 0.4) is 0 Å². The third-order valence-corrected chi connectivity index (χ3v) is 6.40. The fourth-order valence-corrected chi connectivity index (χ4v) is 3.53. The molecule has 2 aromatic carbocycles. The van der Waals surface area contributed by atoms with E-state index in [9.17, 15) is 0 Å². The lowest BCUT2D eigenvalue weighted by Crippen LogP contribution is -2.11. The maximum atomic E-state index is 3.95. The zero-order valence-corrected chi connectivity index (χ0v) is 32.8. The molecule has 0 unspecified atom stereocenters. The molecule has 244 valence electrons. The third kappa shape index (κ3) is 23.6. The number of aryl methyl sites for hydroxylation is 4. The molecule has 0 amide bonds. The van der Waals surface area contributed by atoms with Crippen LogP contribution in [0, 0.1) is 20.8 Å². The van der Waals surface area contributed by atoms with E-state index in [0.29, 0.717) is 0 Å². The minimum atomic E-state index is 0.276. The standard InChI is InChI=1S/C12H18.C11H16.C9H12.4C2H6.CH4S/c1-9-6-7-11(8-10(9)2)12(3,4)5;1-8(2)11-6-5-9(3)10(4)7-11;1-3-9-7-5-4-6-8(9)2;5*1-2/h6-8H,1-5H3;7H,1,5-6H2,2-4H3;4-7H,3H2,1-2H3;4*1-2H3;2H,1H3. The second kappa shape index (κ2) is 31.9. The van der Waals surface area contributed by atoms with Gasteiger partial charge in [-0.1, -0.05) is 155 Å². The van der Waals surface area contributed by atoms with Crippen LogP contribution >= 0.6 is 12.6 Å². The number of benzene rings is 2. The Morgan fingerprint density at radius 3 is 1.52 bits per heavy atom. The summed E-state index contributed by atoms with van der Waals surface area (Å²) < 4.78 is 0. The van der Waals surface area contributed by atoms with Gasteiger partial charge in [0.1, 0.15) is 0 Å². The second-order valence-electron chi connectivity index (χ2n) is 10.2. The summed E-state index contributed by atoms with van der Waals surface area (Å²) in [6.07, 6.45) is 7.50. The third-order valence-electron chi connectivity index (χ3n) is 6.40. The van der Waals surface area contributed by atoms with E-state index in [1.807, 2.05) is 55.4 Å². The van der Waals surface area contributed by atoms with Crippen molar-refractivity contribution >= 4 is 12.6 Å². The highest BCUT2D eigenvalue weighted by atomic mass is 32.1. The van der Waals surface area contributed by atoms with Gasteiger partial charge in [-0.15, -0.1) is 0 Å². The van der Waals surface area contributed by atoms with E-state index >= 15 is 0 Å². The summed E-state index contributed by atoms with van der Waals surface area (Å²) in [7, 11) is 0. The van der Waals surface area contributed by atoms with Crippen LogP contribution in [0.2, 0.25) is 0 Å². The topological polar surface area (TPSA) is 0 Å².